The van der Waals surface area contributed by atoms with Gasteiger partial charge in [0, 0.05) is 12.6 Å². The van der Waals surface area contributed by atoms with Crippen molar-refractivity contribution < 1.29 is 9.21 Å². The lowest BCUT2D eigenvalue weighted by atomic mass is 10.4. The van der Waals surface area contributed by atoms with Crippen LogP contribution in [-0.2, 0) is 4.79 Å². The van der Waals surface area contributed by atoms with Gasteiger partial charge in [0.25, 0.3) is 0 Å². The first-order valence-electron chi connectivity index (χ1n) is 3.64. The van der Waals surface area contributed by atoms with Gasteiger partial charge in [-0.25, -0.2) is 0 Å². The Morgan fingerprint density at radius 1 is 1.73 bits per heavy atom. The molecular weight excluding hydrogens is 142 g/mol. The van der Waals surface area contributed by atoms with Crippen LogP contribution in [0.5, 0.6) is 0 Å². The van der Waals surface area contributed by atoms with Crippen molar-refractivity contribution in [2.75, 3.05) is 11.4 Å². The number of nitrogens with zero attached hydrogens (tertiary/aromatic N) is 1. The molecule has 0 spiro atoms. The Morgan fingerprint density at radius 2 is 2.55 bits per heavy atom. The summed E-state index contributed by atoms with van der Waals surface area (Å²) in [4.78, 5) is 12.0. The molecular formula is C8H11NO2. The molecule has 0 unspecified atom stereocenters. The van der Waals surface area contributed by atoms with E-state index < -0.39 is 0 Å². The number of carbonyl (C=O) groups excluding carboxylic acids is 1. The van der Waals surface area contributed by atoms with Gasteiger partial charge >= 0.3 is 0 Å². The van der Waals surface area contributed by atoms with E-state index in [4.69, 9.17) is 4.42 Å². The summed E-state index contributed by atoms with van der Waals surface area (Å²) in [5.41, 5.74) is 0. The predicted octanol–water partition coefficient (Wildman–Crippen LogP) is 1.65. The highest BCUT2D eigenvalue weighted by atomic mass is 16.3. The Hall–Kier alpha value is -1.25. The van der Waals surface area contributed by atoms with E-state index in [-0.39, 0.29) is 0 Å². The van der Waals surface area contributed by atoms with Crippen LogP contribution in [0.4, 0.5) is 5.88 Å². The van der Waals surface area contributed by atoms with Crippen molar-refractivity contribution in [1.29, 1.82) is 0 Å². The number of carbonyl (C=O) groups is 1. The zero-order valence-corrected chi connectivity index (χ0v) is 6.49. The van der Waals surface area contributed by atoms with Gasteiger partial charge in [-0.1, -0.05) is 6.92 Å². The van der Waals surface area contributed by atoms with Crippen LogP contribution in [0.15, 0.2) is 22.8 Å². The van der Waals surface area contributed by atoms with Crippen LogP contribution in [0.3, 0.4) is 0 Å². The Balaban J connectivity index is 2.63. The molecule has 1 aromatic heterocycles. The van der Waals surface area contributed by atoms with Crippen molar-refractivity contribution in [3.63, 3.8) is 0 Å². The maximum atomic E-state index is 10.5. The quantitative estimate of drug-likeness (QED) is 0.616. The largest absolute Gasteiger partial charge is 0.448 e. The fourth-order valence-corrected chi connectivity index (χ4v) is 0.889. The normalized spacial score (nSPS) is 9.55. The zero-order chi connectivity index (χ0) is 8.10. The first-order chi connectivity index (χ1) is 5.38. The molecule has 3 heteroatoms. The highest BCUT2D eigenvalue weighted by Gasteiger charge is 2.04. The molecule has 0 saturated heterocycles. The van der Waals surface area contributed by atoms with E-state index in [2.05, 4.69) is 0 Å². The fourth-order valence-electron chi connectivity index (χ4n) is 0.889. The molecule has 0 fully saturated rings. The number of rotatable bonds is 4. The minimum absolute atomic E-state index is 0.613. The zero-order valence-electron chi connectivity index (χ0n) is 6.49. The first-order valence-corrected chi connectivity index (χ1v) is 3.64. The van der Waals surface area contributed by atoms with Gasteiger partial charge in [0.1, 0.15) is 0 Å². The van der Waals surface area contributed by atoms with Crippen LogP contribution < -0.4 is 4.90 Å². The van der Waals surface area contributed by atoms with E-state index in [9.17, 15) is 4.79 Å². The molecule has 0 aromatic carbocycles. The lowest BCUT2D eigenvalue weighted by Gasteiger charge is -2.11. The first kappa shape index (κ1) is 7.85. The average molecular weight is 153 g/mol. The number of anilines is 1. The topological polar surface area (TPSA) is 33.5 Å². The van der Waals surface area contributed by atoms with Gasteiger partial charge in [-0.2, -0.15) is 0 Å². The van der Waals surface area contributed by atoms with E-state index in [0.29, 0.717) is 12.4 Å². The van der Waals surface area contributed by atoms with Crippen molar-refractivity contribution in [3.05, 3.63) is 18.4 Å². The standard InChI is InChI=1S/C8H11NO2/c1-2-5-9(7-10)8-4-3-6-11-8/h3-4,6-7H,2,5H2,1H3. The summed E-state index contributed by atoms with van der Waals surface area (Å²) >= 11 is 0. The highest BCUT2D eigenvalue weighted by Crippen LogP contribution is 2.12. The second kappa shape index (κ2) is 3.81. The molecule has 0 aliphatic rings. The molecule has 11 heavy (non-hydrogen) atoms. The van der Waals surface area contributed by atoms with Crippen LogP contribution in [0.2, 0.25) is 0 Å². The van der Waals surface area contributed by atoms with E-state index in [0.717, 1.165) is 12.8 Å². The summed E-state index contributed by atoms with van der Waals surface area (Å²) in [7, 11) is 0. The Bertz CT molecular complexity index is 206. The summed E-state index contributed by atoms with van der Waals surface area (Å²) < 4.78 is 5.03. The Morgan fingerprint density at radius 3 is 3.00 bits per heavy atom. The maximum Gasteiger partial charge on any atom is 0.216 e. The highest BCUT2D eigenvalue weighted by molar-refractivity contribution is 5.71. The minimum Gasteiger partial charge on any atom is -0.448 e. The van der Waals surface area contributed by atoms with Crippen molar-refractivity contribution in [3.8, 4) is 0 Å². The molecule has 0 N–H and O–H groups in total. The molecule has 1 rings (SSSR count). The van der Waals surface area contributed by atoms with Gasteiger partial charge in [0.05, 0.1) is 6.26 Å². The van der Waals surface area contributed by atoms with Crippen molar-refractivity contribution >= 4 is 12.3 Å². The van der Waals surface area contributed by atoms with Gasteiger partial charge in [0.15, 0.2) is 0 Å². The molecule has 0 radical (unpaired) electrons. The van der Waals surface area contributed by atoms with Gasteiger partial charge in [-0.3, -0.25) is 9.69 Å². The van der Waals surface area contributed by atoms with E-state index in [1.165, 1.54) is 0 Å². The molecule has 1 aromatic rings. The second-order valence-electron chi connectivity index (χ2n) is 2.25. The van der Waals surface area contributed by atoms with E-state index in [1.807, 2.05) is 6.92 Å². The monoisotopic (exact) mass is 153 g/mol. The Labute approximate surface area is 65.6 Å². The predicted molar refractivity (Wildman–Crippen MR) is 42.4 cm³/mol. The third-order valence-electron chi connectivity index (χ3n) is 1.38. The molecule has 0 atom stereocenters. The summed E-state index contributed by atoms with van der Waals surface area (Å²) in [5, 5.41) is 0. The van der Waals surface area contributed by atoms with Crippen molar-refractivity contribution in [1.82, 2.24) is 0 Å². The number of amides is 1. The molecule has 60 valence electrons. The van der Waals surface area contributed by atoms with Crippen LogP contribution in [0.25, 0.3) is 0 Å². The average Bonchev–Trinajstić information content (AvgIpc) is 2.52. The van der Waals surface area contributed by atoms with Crippen LogP contribution in [0, 0.1) is 0 Å². The maximum absolute atomic E-state index is 10.5. The minimum atomic E-state index is 0.613. The lowest BCUT2D eigenvalue weighted by molar-refractivity contribution is -0.107. The molecule has 0 aliphatic carbocycles. The second-order valence-corrected chi connectivity index (χ2v) is 2.25. The molecule has 0 aliphatic heterocycles. The number of hydrogen-bond donors (Lipinski definition) is 0. The molecule has 0 bridgehead atoms. The summed E-state index contributed by atoms with van der Waals surface area (Å²) in [6.45, 7) is 2.72. The van der Waals surface area contributed by atoms with Crippen LogP contribution >= 0.6 is 0 Å². The summed E-state index contributed by atoms with van der Waals surface area (Å²) in [6.07, 6.45) is 3.27. The summed E-state index contributed by atoms with van der Waals surface area (Å²) in [5.74, 6) is 0.613. The lowest BCUT2D eigenvalue weighted by Crippen LogP contribution is -2.20. The molecule has 3 nitrogen and oxygen atoms in total. The summed E-state index contributed by atoms with van der Waals surface area (Å²) in [6, 6.07) is 3.53. The van der Waals surface area contributed by atoms with Gasteiger partial charge < -0.3 is 4.42 Å². The third kappa shape index (κ3) is 1.83. The van der Waals surface area contributed by atoms with E-state index in [1.54, 1.807) is 23.3 Å². The fraction of sp³-hybridized carbons (Fsp3) is 0.375. The molecule has 0 saturated carbocycles. The van der Waals surface area contributed by atoms with Gasteiger partial charge in [-0.05, 0) is 12.5 Å². The van der Waals surface area contributed by atoms with Gasteiger partial charge in [-0.15, -0.1) is 0 Å². The Kier molecular flexibility index (Phi) is 2.72. The number of hydrogen-bond acceptors (Lipinski definition) is 2. The van der Waals surface area contributed by atoms with Crippen LogP contribution in [-0.4, -0.2) is 13.0 Å². The van der Waals surface area contributed by atoms with Crippen molar-refractivity contribution in [2.45, 2.75) is 13.3 Å². The van der Waals surface area contributed by atoms with E-state index >= 15 is 0 Å². The van der Waals surface area contributed by atoms with Gasteiger partial charge in [0.2, 0.25) is 12.3 Å². The smallest absolute Gasteiger partial charge is 0.216 e. The third-order valence-corrected chi connectivity index (χ3v) is 1.38. The van der Waals surface area contributed by atoms with Crippen LogP contribution in [0.1, 0.15) is 13.3 Å². The number of furan rings is 1. The SMILES string of the molecule is CCCN(C=O)c1ccco1. The van der Waals surface area contributed by atoms with Crippen molar-refractivity contribution in [2.24, 2.45) is 0 Å². The molecule has 1 amide bonds. The molecule has 1 heterocycles.